The standard InChI is InChI=1S/C21H23FN2O6/c1-3-29-17-12-16(24-21(28)13-6-5-7-14(22)10-13)18(30-4-2)11-15(17)23-19(25)8-9-20(26)27/h5-7,10-12H,3-4,8-9H2,1-2H3,(H,23,25)(H,24,28)(H,26,27). The Balaban J connectivity index is 2.32. The van der Waals surface area contributed by atoms with Crippen LogP contribution in [0.15, 0.2) is 36.4 Å². The van der Waals surface area contributed by atoms with Gasteiger partial charge in [0, 0.05) is 24.1 Å². The molecule has 0 radical (unpaired) electrons. The molecule has 8 nitrogen and oxygen atoms in total. The van der Waals surface area contributed by atoms with Gasteiger partial charge >= 0.3 is 5.97 Å². The largest absolute Gasteiger partial charge is 0.492 e. The summed E-state index contributed by atoms with van der Waals surface area (Å²) < 4.78 is 24.5. The number of ether oxygens (including phenoxy) is 2. The maximum atomic E-state index is 13.4. The van der Waals surface area contributed by atoms with Crippen molar-refractivity contribution in [1.29, 1.82) is 0 Å². The highest BCUT2D eigenvalue weighted by Crippen LogP contribution is 2.37. The number of carboxylic acid groups (broad SMARTS) is 1. The Morgan fingerprint density at radius 3 is 2.07 bits per heavy atom. The van der Waals surface area contributed by atoms with Gasteiger partial charge in [0.2, 0.25) is 5.91 Å². The minimum atomic E-state index is -1.08. The molecule has 0 saturated carbocycles. The SMILES string of the molecule is CCOc1cc(NC(=O)c2cccc(F)c2)c(OCC)cc1NC(=O)CCC(=O)O. The van der Waals surface area contributed by atoms with Crippen LogP contribution in [-0.4, -0.2) is 36.1 Å². The molecule has 0 unspecified atom stereocenters. The monoisotopic (exact) mass is 418 g/mol. The van der Waals surface area contributed by atoms with Crippen molar-refractivity contribution in [3.63, 3.8) is 0 Å². The molecule has 2 aromatic carbocycles. The fraction of sp³-hybridized carbons (Fsp3) is 0.286. The first kappa shape index (κ1) is 22.7. The van der Waals surface area contributed by atoms with Gasteiger partial charge < -0.3 is 25.2 Å². The number of carbonyl (C=O) groups excluding carboxylic acids is 2. The molecule has 0 aliphatic carbocycles. The van der Waals surface area contributed by atoms with Crippen LogP contribution in [-0.2, 0) is 9.59 Å². The van der Waals surface area contributed by atoms with Gasteiger partial charge in [-0.05, 0) is 32.0 Å². The van der Waals surface area contributed by atoms with E-state index in [1.54, 1.807) is 13.8 Å². The summed E-state index contributed by atoms with van der Waals surface area (Å²) in [6.07, 6.45) is -0.515. The van der Waals surface area contributed by atoms with Crippen molar-refractivity contribution < 1.29 is 33.4 Å². The van der Waals surface area contributed by atoms with Crippen molar-refractivity contribution in [1.82, 2.24) is 0 Å². The molecule has 160 valence electrons. The number of amides is 2. The summed E-state index contributed by atoms with van der Waals surface area (Å²) in [7, 11) is 0. The van der Waals surface area contributed by atoms with Crippen LogP contribution in [0.3, 0.4) is 0 Å². The van der Waals surface area contributed by atoms with Gasteiger partial charge in [0.15, 0.2) is 0 Å². The van der Waals surface area contributed by atoms with Gasteiger partial charge in [-0.1, -0.05) is 6.07 Å². The zero-order chi connectivity index (χ0) is 22.1. The van der Waals surface area contributed by atoms with Gasteiger partial charge in [-0.15, -0.1) is 0 Å². The summed E-state index contributed by atoms with van der Waals surface area (Å²) >= 11 is 0. The molecule has 0 atom stereocenters. The van der Waals surface area contributed by atoms with Gasteiger partial charge in [0.25, 0.3) is 5.91 Å². The quantitative estimate of drug-likeness (QED) is 0.542. The molecule has 0 fully saturated rings. The highest BCUT2D eigenvalue weighted by atomic mass is 19.1. The third kappa shape index (κ3) is 6.47. The fourth-order valence-electron chi connectivity index (χ4n) is 2.56. The van der Waals surface area contributed by atoms with Crippen molar-refractivity contribution in [2.45, 2.75) is 26.7 Å². The molecule has 3 N–H and O–H groups in total. The minimum Gasteiger partial charge on any atom is -0.492 e. The van der Waals surface area contributed by atoms with Gasteiger partial charge in [-0.2, -0.15) is 0 Å². The Kier molecular flexibility index (Phi) is 8.16. The van der Waals surface area contributed by atoms with E-state index in [1.165, 1.54) is 30.3 Å². The number of anilines is 2. The number of rotatable bonds is 10. The summed E-state index contributed by atoms with van der Waals surface area (Å²) in [6.45, 7) is 4.06. The highest BCUT2D eigenvalue weighted by Gasteiger charge is 2.17. The first-order chi connectivity index (χ1) is 14.3. The molecule has 30 heavy (non-hydrogen) atoms. The summed E-state index contributed by atoms with van der Waals surface area (Å²) in [5, 5.41) is 14.0. The lowest BCUT2D eigenvalue weighted by Crippen LogP contribution is -2.16. The number of halogens is 1. The second kappa shape index (κ2) is 10.8. The third-order valence-corrected chi connectivity index (χ3v) is 3.86. The van der Waals surface area contributed by atoms with Crippen LogP contribution in [0.2, 0.25) is 0 Å². The lowest BCUT2D eigenvalue weighted by molar-refractivity contribution is -0.138. The average molecular weight is 418 g/mol. The smallest absolute Gasteiger partial charge is 0.303 e. The predicted octanol–water partition coefficient (Wildman–Crippen LogP) is 3.68. The first-order valence-corrected chi connectivity index (χ1v) is 9.36. The topological polar surface area (TPSA) is 114 Å². The summed E-state index contributed by atoms with van der Waals surface area (Å²) in [5.74, 6) is -2.14. The van der Waals surface area contributed by atoms with Gasteiger partial charge in [-0.3, -0.25) is 14.4 Å². The van der Waals surface area contributed by atoms with Crippen molar-refractivity contribution in [3.05, 3.63) is 47.8 Å². The van der Waals surface area contributed by atoms with Crippen LogP contribution < -0.4 is 20.1 Å². The molecule has 2 aromatic rings. The number of nitrogens with one attached hydrogen (secondary N) is 2. The average Bonchev–Trinajstić information content (AvgIpc) is 2.69. The van der Waals surface area contributed by atoms with Crippen LogP contribution in [0.5, 0.6) is 11.5 Å². The Morgan fingerprint density at radius 2 is 1.53 bits per heavy atom. The van der Waals surface area contributed by atoms with Crippen LogP contribution >= 0.6 is 0 Å². The van der Waals surface area contributed by atoms with E-state index in [9.17, 15) is 18.8 Å². The number of carbonyl (C=O) groups is 3. The number of carboxylic acids is 1. The minimum absolute atomic E-state index is 0.126. The Morgan fingerprint density at radius 1 is 0.933 bits per heavy atom. The first-order valence-electron chi connectivity index (χ1n) is 9.36. The van der Waals surface area contributed by atoms with Crippen LogP contribution in [0.1, 0.15) is 37.0 Å². The number of hydrogen-bond acceptors (Lipinski definition) is 5. The molecule has 2 rings (SSSR count). The second-order valence-electron chi connectivity index (χ2n) is 6.12. The van der Waals surface area contributed by atoms with Crippen LogP contribution in [0, 0.1) is 5.82 Å². The predicted molar refractivity (Wildman–Crippen MR) is 109 cm³/mol. The number of benzene rings is 2. The van der Waals surface area contributed by atoms with E-state index in [0.29, 0.717) is 0 Å². The van der Waals surface area contributed by atoms with E-state index in [1.807, 2.05) is 0 Å². The molecule has 0 heterocycles. The zero-order valence-electron chi connectivity index (χ0n) is 16.7. The van der Waals surface area contributed by atoms with E-state index >= 15 is 0 Å². The molecule has 0 spiro atoms. The van der Waals surface area contributed by atoms with Gasteiger partial charge in [-0.25, -0.2) is 4.39 Å². The maximum Gasteiger partial charge on any atom is 0.303 e. The van der Waals surface area contributed by atoms with Crippen molar-refractivity contribution >= 4 is 29.2 Å². The molecule has 0 aromatic heterocycles. The van der Waals surface area contributed by atoms with Gasteiger partial charge in [0.1, 0.15) is 17.3 Å². The normalized spacial score (nSPS) is 10.2. The fourth-order valence-corrected chi connectivity index (χ4v) is 2.56. The van der Waals surface area contributed by atoms with Gasteiger partial charge in [0.05, 0.1) is 31.0 Å². The Bertz CT molecular complexity index is 932. The summed E-state index contributed by atoms with van der Waals surface area (Å²) in [4.78, 5) is 35.2. The molecule has 0 bridgehead atoms. The molecule has 0 aliphatic heterocycles. The number of aliphatic carboxylic acids is 1. The van der Waals surface area contributed by atoms with Crippen molar-refractivity contribution in [2.75, 3.05) is 23.8 Å². The van der Waals surface area contributed by atoms with E-state index < -0.39 is 23.6 Å². The summed E-state index contributed by atoms with van der Waals surface area (Å²) in [5.41, 5.74) is 0.680. The highest BCUT2D eigenvalue weighted by molar-refractivity contribution is 6.05. The van der Waals surface area contributed by atoms with E-state index in [4.69, 9.17) is 14.6 Å². The lowest BCUT2D eigenvalue weighted by atomic mass is 10.1. The van der Waals surface area contributed by atoms with E-state index in [0.717, 1.165) is 6.07 Å². The number of hydrogen-bond donors (Lipinski definition) is 3. The lowest BCUT2D eigenvalue weighted by Gasteiger charge is -2.18. The maximum absolute atomic E-state index is 13.4. The van der Waals surface area contributed by atoms with E-state index in [-0.39, 0.29) is 54.5 Å². The molecule has 0 aliphatic rings. The van der Waals surface area contributed by atoms with Crippen LogP contribution in [0.4, 0.5) is 15.8 Å². The molecular formula is C21H23FN2O6. The van der Waals surface area contributed by atoms with E-state index in [2.05, 4.69) is 10.6 Å². The van der Waals surface area contributed by atoms with Crippen LogP contribution in [0.25, 0.3) is 0 Å². The Hall–Kier alpha value is -3.62. The summed E-state index contributed by atoms with van der Waals surface area (Å²) in [6, 6.07) is 8.20. The third-order valence-electron chi connectivity index (χ3n) is 3.86. The molecule has 9 heteroatoms. The second-order valence-corrected chi connectivity index (χ2v) is 6.12. The zero-order valence-corrected chi connectivity index (χ0v) is 16.7. The van der Waals surface area contributed by atoms with Crippen molar-refractivity contribution in [3.8, 4) is 11.5 Å². The molecular weight excluding hydrogens is 395 g/mol. The Labute approximate surface area is 173 Å². The molecule has 0 saturated heterocycles. The molecule has 2 amide bonds. The van der Waals surface area contributed by atoms with Crippen molar-refractivity contribution in [2.24, 2.45) is 0 Å².